The third-order valence-corrected chi connectivity index (χ3v) is 6.31. The smallest absolute Gasteiger partial charge is 0.252 e. The van der Waals surface area contributed by atoms with Crippen LogP contribution >= 0.6 is 11.6 Å². The molecule has 0 atom stereocenters. The quantitative estimate of drug-likeness (QED) is 0.429. The highest BCUT2D eigenvalue weighted by Gasteiger charge is 2.26. The summed E-state index contributed by atoms with van der Waals surface area (Å²) < 4.78 is 28.7. The van der Waals surface area contributed by atoms with Gasteiger partial charge in [0.2, 0.25) is 0 Å². The zero-order chi connectivity index (χ0) is 21.7. The molecule has 6 nitrogen and oxygen atoms in total. The van der Waals surface area contributed by atoms with Crippen LogP contribution in [0.3, 0.4) is 0 Å². The maximum absolute atomic E-state index is 12.6. The maximum Gasteiger partial charge on any atom is 0.301 e. The summed E-state index contributed by atoms with van der Waals surface area (Å²) in [6.07, 6.45) is 1.53. The summed E-state index contributed by atoms with van der Waals surface area (Å²) in [7, 11) is -2.42. The molecule has 0 spiro atoms. The highest BCUT2D eigenvalue weighted by molar-refractivity contribution is 7.90. The lowest BCUT2D eigenvalue weighted by Gasteiger charge is -2.28. The number of nitrogens with zero attached hydrogens (tertiary/aromatic N) is 3. The van der Waals surface area contributed by atoms with Crippen LogP contribution in [-0.2, 0) is 10.2 Å². The van der Waals surface area contributed by atoms with Gasteiger partial charge in [-0.15, -0.1) is 0 Å². The third-order valence-electron chi connectivity index (χ3n) is 4.36. The van der Waals surface area contributed by atoms with Gasteiger partial charge < -0.3 is 0 Å². The molecule has 0 radical (unpaired) electrons. The Hall–Kier alpha value is -2.74. The van der Waals surface area contributed by atoms with Gasteiger partial charge in [0.05, 0.1) is 23.3 Å². The molecule has 30 heavy (non-hydrogen) atoms. The average Bonchev–Trinajstić information content (AvgIpc) is 2.75. The summed E-state index contributed by atoms with van der Waals surface area (Å²) >= 11 is 6.28. The van der Waals surface area contributed by atoms with E-state index >= 15 is 0 Å². The van der Waals surface area contributed by atoms with E-state index in [0.717, 1.165) is 16.8 Å². The lowest BCUT2D eigenvalue weighted by molar-refractivity contribution is 0.576. The van der Waals surface area contributed by atoms with Gasteiger partial charge in [-0.05, 0) is 19.9 Å². The first-order valence-electron chi connectivity index (χ1n) is 9.41. The van der Waals surface area contributed by atoms with Crippen LogP contribution in [0.2, 0.25) is 5.15 Å². The fourth-order valence-electron chi connectivity index (χ4n) is 3.04. The summed E-state index contributed by atoms with van der Waals surface area (Å²) in [6, 6.07) is 20.8. The number of nitrogens with one attached hydrogen (secondary N) is 1. The average molecular weight is 443 g/mol. The predicted octanol–water partition coefficient (Wildman–Crippen LogP) is 4.58. The minimum absolute atomic E-state index is 0.0856. The molecule has 2 aromatic carbocycles. The molecule has 0 aliphatic rings. The number of hydrogen-bond acceptors (Lipinski definition) is 4. The van der Waals surface area contributed by atoms with Crippen molar-refractivity contribution in [3.63, 3.8) is 0 Å². The van der Waals surface area contributed by atoms with Crippen LogP contribution in [0, 0.1) is 0 Å². The summed E-state index contributed by atoms with van der Waals surface area (Å²) in [4.78, 5) is 9.00. The molecule has 0 fully saturated rings. The van der Waals surface area contributed by atoms with Crippen LogP contribution in [0.4, 0.5) is 11.4 Å². The molecule has 8 heteroatoms. The van der Waals surface area contributed by atoms with E-state index in [4.69, 9.17) is 16.6 Å². The van der Waals surface area contributed by atoms with Crippen molar-refractivity contribution >= 4 is 38.9 Å². The van der Waals surface area contributed by atoms with Crippen molar-refractivity contribution in [1.29, 1.82) is 0 Å². The normalized spacial score (nSPS) is 11.4. The van der Waals surface area contributed by atoms with Crippen LogP contribution in [0.5, 0.6) is 0 Å². The maximum atomic E-state index is 12.6. The minimum atomic E-state index is -3.77. The van der Waals surface area contributed by atoms with Crippen molar-refractivity contribution in [3.05, 3.63) is 89.2 Å². The SMILES string of the molecule is CNS(=O)(=O)N(c1cc(N=C(c2ccccc2)c2ccccc2)cnc1Cl)C(C)C. The fraction of sp³-hybridized carbons (Fsp3) is 0.182. The van der Waals surface area contributed by atoms with E-state index in [1.807, 2.05) is 60.7 Å². The van der Waals surface area contributed by atoms with Gasteiger partial charge in [-0.3, -0.25) is 4.31 Å². The van der Waals surface area contributed by atoms with Crippen molar-refractivity contribution in [2.45, 2.75) is 19.9 Å². The van der Waals surface area contributed by atoms with E-state index in [1.165, 1.54) is 17.5 Å². The molecule has 1 aromatic heterocycles. The lowest BCUT2D eigenvalue weighted by atomic mass is 10.0. The van der Waals surface area contributed by atoms with Crippen LogP contribution in [-0.4, -0.2) is 32.2 Å². The van der Waals surface area contributed by atoms with Crippen LogP contribution in [0.1, 0.15) is 25.0 Å². The Bertz CT molecular complexity index is 1090. The number of aliphatic imine (C=N–C) groups is 1. The number of pyridine rings is 1. The van der Waals surface area contributed by atoms with Gasteiger partial charge in [0, 0.05) is 24.2 Å². The van der Waals surface area contributed by atoms with E-state index in [2.05, 4.69) is 9.71 Å². The summed E-state index contributed by atoms with van der Waals surface area (Å²) in [5.41, 5.74) is 3.38. The number of anilines is 1. The first-order chi connectivity index (χ1) is 14.3. The van der Waals surface area contributed by atoms with Gasteiger partial charge in [0.1, 0.15) is 0 Å². The third kappa shape index (κ3) is 4.87. The number of halogens is 1. The molecule has 0 aliphatic heterocycles. The van der Waals surface area contributed by atoms with Crippen molar-refractivity contribution in [1.82, 2.24) is 9.71 Å². The zero-order valence-electron chi connectivity index (χ0n) is 16.9. The van der Waals surface area contributed by atoms with Gasteiger partial charge in [-0.1, -0.05) is 72.3 Å². The van der Waals surface area contributed by atoms with E-state index in [1.54, 1.807) is 19.9 Å². The highest BCUT2D eigenvalue weighted by atomic mass is 35.5. The molecule has 0 saturated heterocycles. The van der Waals surface area contributed by atoms with Crippen molar-refractivity contribution < 1.29 is 8.42 Å². The Morgan fingerprint density at radius 3 is 2.03 bits per heavy atom. The van der Waals surface area contributed by atoms with Crippen LogP contribution < -0.4 is 9.03 Å². The molecular formula is C22H23ClN4O2S. The fourth-order valence-corrected chi connectivity index (χ4v) is 4.44. The Kier molecular flexibility index (Phi) is 6.87. The first kappa shape index (κ1) is 22.0. The number of aromatic nitrogens is 1. The largest absolute Gasteiger partial charge is 0.301 e. The Labute approximate surface area is 182 Å². The second kappa shape index (κ2) is 9.38. The second-order valence-corrected chi connectivity index (χ2v) is 8.90. The van der Waals surface area contributed by atoms with E-state index in [-0.39, 0.29) is 16.9 Å². The molecule has 0 aliphatic carbocycles. The van der Waals surface area contributed by atoms with Crippen LogP contribution in [0.15, 0.2) is 77.9 Å². The van der Waals surface area contributed by atoms with E-state index in [9.17, 15) is 8.42 Å². The molecule has 0 bridgehead atoms. The molecule has 3 aromatic rings. The molecule has 0 amide bonds. The predicted molar refractivity (Wildman–Crippen MR) is 123 cm³/mol. The van der Waals surface area contributed by atoms with Crippen molar-refractivity contribution in [3.8, 4) is 0 Å². The lowest BCUT2D eigenvalue weighted by Crippen LogP contribution is -2.43. The summed E-state index contributed by atoms with van der Waals surface area (Å²) in [5, 5.41) is 0.0856. The summed E-state index contributed by atoms with van der Waals surface area (Å²) in [6.45, 7) is 3.53. The minimum Gasteiger partial charge on any atom is -0.252 e. The Balaban J connectivity index is 2.17. The van der Waals surface area contributed by atoms with Gasteiger partial charge >= 0.3 is 10.2 Å². The highest BCUT2D eigenvalue weighted by Crippen LogP contribution is 2.32. The number of hydrogen-bond donors (Lipinski definition) is 1. The van der Waals surface area contributed by atoms with Crippen molar-refractivity contribution in [2.24, 2.45) is 4.99 Å². The number of benzene rings is 2. The monoisotopic (exact) mass is 442 g/mol. The van der Waals surface area contributed by atoms with E-state index in [0.29, 0.717) is 5.69 Å². The van der Waals surface area contributed by atoms with Crippen molar-refractivity contribution in [2.75, 3.05) is 11.4 Å². The van der Waals surface area contributed by atoms with Gasteiger partial charge in [-0.2, -0.15) is 8.42 Å². The Morgan fingerprint density at radius 1 is 1.03 bits per heavy atom. The Morgan fingerprint density at radius 2 is 1.57 bits per heavy atom. The topological polar surface area (TPSA) is 74.7 Å². The molecule has 3 rings (SSSR count). The molecule has 0 saturated carbocycles. The molecule has 1 heterocycles. The summed E-state index contributed by atoms with van der Waals surface area (Å²) in [5.74, 6) is 0. The van der Waals surface area contributed by atoms with Crippen LogP contribution in [0.25, 0.3) is 0 Å². The first-order valence-corrected chi connectivity index (χ1v) is 11.2. The molecule has 156 valence electrons. The zero-order valence-corrected chi connectivity index (χ0v) is 18.5. The van der Waals surface area contributed by atoms with E-state index < -0.39 is 10.2 Å². The second-order valence-electron chi connectivity index (χ2n) is 6.79. The molecular weight excluding hydrogens is 420 g/mol. The standard InChI is InChI=1S/C22H23ClN4O2S/c1-16(2)27(30(28,29)24-3)20-14-19(15-25-22(20)23)26-21(17-10-6-4-7-11-17)18-12-8-5-9-13-18/h4-16,24H,1-3H3. The molecule has 1 N–H and O–H groups in total. The van der Waals surface area contributed by atoms with Gasteiger partial charge in [0.15, 0.2) is 5.15 Å². The molecule has 0 unspecified atom stereocenters. The van der Waals surface area contributed by atoms with Gasteiger partial charge in [0.25, 0.3) is 0 Å². The van der Waals surface area contributed by atoms with Gasteiger partial charge in [-0.25, -0.2) is 14.7 Å². The number of rotatable bonds is 7.